The molecule has 2 saturated carbocycles. The van der Waals surface area contributed by atoms with Gasteiger partial charge in [-0.2, -0.15) is 0 Å². The van der Waals surface area contributed by atoms with Gasteiger partial charge in [0.1, 0.15) is 0 Å². The Morgan fingerprint density at radius 3 is 1.35 bits per heavy atom. The molecule has 4 atom stereocenters. The summed E-state index contributed by atoms with van der Waals surface area (Å²) in [6.07, 6.45) is 11.0. The van der Waals surface area contributed by atoms with Crippen molar-refractivity contribution in [1.29, 1.82) is 0 Å². The lowest BCUT2D eigenvalue weighted by Crippen LogP contribution is -2.49. The fourth-order valence-corrected chi connectivity index (χ4v) is 6.85. The minimum Gasteiger partial charge on any atom is -0.393 e. The van der Waals surface area contributed by atoms with E-state index in [9.17, 15) is 10.2 Å². The first-order valence-electron chi connectivity index (χ1n) is 11.6. The highest BCUT2D eigenvalue weighted by Crippen LogP contribution is 2.57. The van der Waals surface area contributed by atoms with E-state index in [2.05, 4.69) is 41.5 Å². The zero-order chi connectivity index (χ0) is 19.5. The molecule has 0 aromatic rings. The van der Waals surface area contributed by atoms with E-state index < -0.39 is 0 Å². The monoisotopic (exact) mass is 366 g/mol. The van der Waals surface area contributed by atoms with Crippen molar-refractivity contribution in [3.63, 3.8) is 0 Å². The van der Waals surface area contributed by atoms with E-state index in [1.807, 2.05) is 0 Å². The Bertz CT molecular complexity index is 366. The zero-order valence-electron chi connectivity index (χ0n) is 18.4. The minimum absolute atomic E-state index is 0.122. The van der Waals surface area contributed by atoms with Crippen LogP contribution in [0, 0.1) is 40.9 Å². The second-order valence-corrected chi connectivity index (χ2v) is 10.3. The highest BCUT2D eigenvalue weighted by Gasteiger charge is 2.50. The van der Waals surface area contributed by atoms with Crippen LogP contribution in [-0.2, 0) is 0 Å². The topological polar surface area (TPSA) is 40.5 Å². The average molecular weight is 367 g/mol. The maximum absolute atomic E-state index is 10.5. The van der Waals surface area contributed by atoms with Gasteiger partial charge >= 0.3 is 0 Å². The molecule has 2 aliphatic carbocycles. The molecule has 0 aromatic carbocycles. The lowest BCUT2D eigenvalue weighted by molar-refractivity contribution is -0.0907. The fourth-order valence-electron chi connectivity index (χ4n) is 6.85. The van der Waals surface area contributed by atoms with Crippen LogP contribution in [-0.4, -0.2) is 22.4 Å². The Morgan fingerprint density at radius 2 is 1.04 bits per heavy atom. The standard InChI is InChI=1S/C24H46O2/c1-7-9-11-24(10-8-2,20-12-16(3)22(25)17(4)13-20)21-14-18(5)23(26)19(6)15-21/h16-23,25-26H,7-15H2,1-6H3. The second-order valence-electron chi connectivity index (χ2n) is 10.3. The fraction of sp³-hybridized carbons (Fsp3) is 1.00. The summed E-state index contributed by atoms with van der Waals surface area (Å²) in [7, 11) is 0. The molecule has 154 valence electrons. The molecule has 2 nitrogen and oxygen atoms in total. The molecular formula is C24H46O2. The molecule has 2 rings (SSSR count). The van der Waals surface area contributed by atoms with Crippen molar-refractivity contribution in [2.24, 2.45) is 40.9 Å². The van der Waals surface area contributed by atoms with Gasteiger partial charge in [0, 0.05) is 0 Å². The third kappa shape index (κ3) is 4.49. The summed E-state index contributed by atoms with van der Waals surface area (Å²) >= 11 is 0. The van der Waals surface area contributed by atoms with E-state index in [4.69, 9.17) is 0 Å². The van der Waals surface area contributed by atoms with Crippen LogP contribution in [0.3, 0.4) is 0 Å². The molecule has 0 aromatic heterocycles. The van der Waals surface area contributed by atoms with Gasteiger partial charge in [-0.3, -0.25) is 0 Å². The quantitative estimate of drug-likeness (QED) is 0.576. The maximum Gasteiger partial charge on any atom is 0.0591 e. The van der Waals surface area contributed by atoms with Gasteiger partial charge in [-0.25, -0.2) is 0 Å². The van der Waals surface area contributed by atoms with Gasteiger partial charge in [0.15, 0.2) is 0 Å². The molecule has 0 bridgehead atoms. The summed E-state index contributed by atoms with van der Waals surface area (Å²) in [5, 5.41) is 21.1. The lowest BCUT2D eigenvalue weighted by Gasteiger charge is -2.54. The molecule has 0 amide bonds. The summed E-state index contributed by atoms with van der Waals surface area (Å²) in [5.41, 5.74) is 0.413. The van der Waals surface area contributed by atoms with Crippen molar-refractivity contribution < 1.29 is 10.2 Å². The summed E-state index contributed by atoms with van der Waals surface area (Å²) in [6.45, 7) is 13.7. The van der Waals surface area contributed by atoms with E-state index in [1.165, 1.54) is 57.8 Å². The van der Waals surface area contributed by atoms with Crippen LogP contribution in [0.1, 0.15) is 99.3 Å². The van der Waals surface area contributed by atoms with Crippen molar-refractivity contribution in [1.82, 2.24) is 0 Å². The number of aliphatic hydroxyl groups excluding tert-OH is 2. The summed E-state index contributed by atoms with van der Waals surface area (Å²) in [6, 6.07) is 0. The van der Waals surface area contributed by atoms with Crippen molar-refractivity contribution in [2.75, 3.05) is 0 Å². The van der Waals surface area contributed by atoms with Gasteiger partial charge < -0.3 is 10.2 Å². The molecule has 26 heavy (non-hydrogen) atoms. The average Bonchev–Trinajstić information content (AvgIpc) is 2.60. The molecule has 2 heteroatoms. The first-order chi connectivity index (χ1) is 12.3. The number of unbranched alkanes of at least 4 members (excludes halogenated alkanes) is 1. The molecule has 2 fully saturated rings. The van der Waals surface area contributed by atoms with Gasteiger partial charge in [0.05, 0.1) is 12.2 Å². The first-order valence-corrected chi connectivity index (χ1v) is 11.6. The predicted octanol–water partition coefficient (Wildman–Crippen LogP) is 6.05. The number of aliphatic hydroxyl groups is 2. The maximum atomic E-state index is 10.5. The Kier molecular flexibility index (Phi) is 8.04. The van der Waals surface area contributed by atoms with Crippen LogP contribution < -0.4 is 0 Å². The minimum atomic E-state index is -0.122. The van der Waals surface area contributed by atoms with Crippen LogP contribution >= 0.6 is 0 Å². The van der Waals surface area contributed by atoms with Gasteiger partial charge in [-0.15, -0.1) is 0 Å². The summed E-state index contributed by atoms with van der Waals surface area (Å²) in [5.74, 6) is 3.16. The smallest absolute Gasteiger partial charge is 0.0591 e. The van der Waals surface area contributed by atoms with E-state index in [-0.39, 0.29) is 12.2 Å². The van der Waals surface area contributed by atoms with Crippen molar-refractivity contribution in [3.05, 3.63) is 0 Å². The Balaban J connectivity index is 2.34. The van der Waals surface area contributed by atoms with Crippen molar-refractivity contribution in [2.45, 2.75) is 112 Å². The van der Waals surface area contributed by atoms with Crippen molar-refractivity contribution in [3.8, 4) is 0 Å². The molecule has 4 unspecified atom stereocenters. The van der Waals surface area contributed by atoms with Crippen LogP contribution in [0.2, 0.25) is 0 Å². The number of hydrogen-bond donors (Lipinski definition) is 2. The zero-order valence-corrected chi connectivity index (χ0v) is 18.4. The second kappa shape index (κ2) is 9.41. The van der Waals surface area contributed by atoms with E-state index in [0.29, 0.717) is 29.1 Å². The molecule has 0 spiro atoms. The van der Waals surface area contributed by atoms with Gasteiger partial charge in [0.2, 0.25) is 0 Å². The lowest BCUT2D eigenvalue weighted by atomic mass is 9.51. The highest BCUT2D eigenvalue weighted by atomic mass is 16.3. The molecule has 2 aliphatic rings. The van der Waals surface area contributed by atoms with Gasteiger partial charge in [-0.05, 0) is 79.4 Å². The number of hydrogen-bond acceptors (Lipinski definition) is 2. The first kappa shape index (κ1) is 22.2. The third-order valence-electron chi connectivity index (χ3n) is 8.29. The number of rotatable bonds is 7. The summed E-state index contributed by atoms with van der Waals surface area (Å²) in [4.78, 5) is 0. The molecule has 2 N–H and O–H groups in total. The van der Waals surface area contributed by atoms with Crippen LogP contribution in [0.25, 0.3) is 0 Å². The molecular weight excluding hydrogens is 320 g/mol. The Morgan fingerprint density at radius 1 is 0.654 bits per heavy atom. The molecule has 0 heterocycles. The predicted molar refractivity (Wildman–Crippen MR) is 111 cm³/mol. The molecule has 0 aliphatic heterocycles. The van der Waals surface area contributed by atoms with Crippen LogP contribution in [0.15, 0.2) is 0 Å². The van der Waals surface area contributed by atoms with Crippen LogP contribution in [0.4, 0.5) is 0 Å². The Labute approximate surface area is 163 Å². The van der Waals surface area contributed by atoms with Gasteiger partial charge in [0.25, 0.3) is 0 Å². The highest BCUT2D eigenvalue weighted by molar-refractivity contribution is 4.99. The van der Waals surface area contributed by atoms with E-state index in [0.717, 1.165) is 11.8 Å². The molecule has 0 radical (unpaired) electrons. The summed E-state index contributed by atoms with van der Waals surface area (Å²) < 4.78 is 0. The van der Waals surface area contributed by atoms with Crippen LogP contribution in [0.5, 0.6) is 0 Å². The van der Waals surface area contributed by atoms with Gasteiger partial charge in [-0.1, -0.05) is 60.8 Å². The largest absolute Gasteiger partial charge is 0.393 e. The normalized spacial score (nSPS) is 43.8. The Hall–Kier alpha value is -0.0800. The van der Waals surface area contributed by atoms with E-state index in [1.54, 1.807) is 0 Å². The molecule has 0 saturated heterocycles. The van der Waals surface area contributed by atoms with Crippen molar-refractivity contribution >= 4 is 0 Å². The van der Waals surface area contributed by atoms with E-state index >= 15 is 0 Å². The third-order valence-corrected chi connectivity index (χ3v) is 8.29. The SMILES string of the molecule is CCCCC(CCC)(C1CC(C)C(O)C(C)C1)C1CC(C)C(O)C(C)C1.